The number of hydrogen-bond acceptors (Lipinski definition) is 4. The number of nitrogens with two attached hydrogens (primary N) is 1. The van der Waals surface area contributed by atoms with Crippen LogP contribution in [0, 0.1) is 5.82 Å². The minimum atomic E-state index is -3.30. The lowest BCUT2D eigenvalue weighted by molar-refractivity contribution is 0.602. The summed E-state index contributed by atoms with van der Waals surface area (Å²) in [5, 5.41) is 0. The maximum absolute atomic E-state index is 13.3. The predicted molar refractivity (Wildman–Crippen MR) is 79.0 cm³/mol. The Morgan fingerprint density at radius 1 is 1.19 bits per heavy atom. The van der Waals surface area contributed by atoms with Crippen LogP contribution in [-0.4, -0.2) is 24.6 Å². The van der Waals surface area contributed by atoms with Gasteiger partial charge in [0.05, 0.1) is 15.9 Å². The summed E-state index contributed by atoms with van der Waals surface area (Å²) in [4.78, 5) is 7.47. The summed E-state index contributed by atoms with van der Waals surface area (Å²) in [7, 11) is -3.30. The maximum atomic E-state index is 13.3. The molecule has 1 aromatic heterocycles. The molecule has 21 heavy (non-hydrogen) atoms. The Morgan fingerprint density at radius 3 is 2.67 bits per heavy atom. The SMILES string of the molecule is CS(=O)(=O)c1ccc2nc(-c3cc(F)ccc3N)[nH]c2c1. The third-order valence-electron chi connectivity index (χ3n) is 3.15. The van der Waals surface area contributed by atoms with E-state index in [9.17, 15) is 12.8 Å². The summed E-state index contributed by atoms with van der Waals surface area (Å²) in [5.41, 5.74) is 7.78. The van der Waals surface area contributed by atoms with Crippen molar-refractivity contribution in [3.63, 3.8) is 0 Å². The fraction of sp³-hybridized carbons (Fsp3) is 0.0714. The van der Waals surface area contributed by atoms with Crippen LogP contribution in [0.1, 0.15) is 0 Å². The van der Waals surface area contributed by atoms with Crippen LogP contribution in [0.5, 0.6) is 0 Å². The van der Waals surface area contributed by atoms with E-state index in [0.29, 0.717) is 28.1 Å². The van der Waals surface area contributed by atoms with Crippen LogP contribution in [0.25, 0.3) is 22.4 Å². The van der Waals surface area contributed by atoms with Gasteiger partial charge in [0.1, 0.15) is 11.6 Å². The highest BCUT2D eigenvalue weighted by atomic mass is 32.2. The van der Waals surface area contributed by atoms with Gasteiger partial charge in [-0.2, -0.15) is 0 Å². The molecule has 0 spiro atoms. The average Bonchev–Trinajstić information content (AvgIpc) is 2.83. The fourth-order valence-electron chi connectivity index (χ4n) is 2.08. The second-order valence-electron chi connectivity index (χ2n) is 4.77. The van der Waals surface area contributed by atoms with E-state index >= 15 is 0 Å². The number of imidazole rings is 1. The third-order valence-corrected chi connectivity index (χ3v) is 4.26. The van der Waals surface area contributed by atoms with E-state index in [1.165, 1.54) is 30.3 Å². The number of anilines is 1. The number of fused-ring (bicyclic) bond motifs is 1. The highest BCUT2D eigenvalue weighted by Gasteiger charge is 2.12. The number of nitrogens with one attached hydrogen (secondary N) is 1. The van der Waals surface area contributed by atoms with Crippen molar-refractivity contribution >= 4 is 26.6 Å². The molecule has 0 aliphatic heterocycles. The second-order valence-corrected chi connectivity index (χ2v) is 6.78. The number of aromatic nitrogens is 2. The Balaban J connectivity index is 2.20. The molecular weight excluding hydrogens is 293 g/mol. The predicted octanol–water partition coefficient (Wildman–Crippen LogP) is 2.35. The van der Waals surface area contributed by atoms with Gasteiger partial charge in [-0.05, 0) is 36.4 Å². The van der Waals surface area contributed by atoms with Crippen molar-refractivity contribution in [1.29, 1.82) is 0 Å². The van der Waals surface area contributed by atoms with Crippen molar-refractivity contribution in [2.45, 2.75) is 4.90 Å². The summed E-state index contributed by atoms with van der Waals surface area (Å²) in [6, 6.07) is 8.59. The number of halogens is 1. The first-order valence-corrected chi connectivity index (χ1v) is 7.99. The zero-order valence-corrected chi connectivity index (χ0v) is 11.9. The van der Waals surface area contributed by atoms with Gasteiger partial charge in [0.15, 0.2) is 9.84 Å². The van der Waals surface area contributed by atoms with E-state index in [1.807, 2.05) is 0 Å². The lowest BCUT2D eigenvalue weighted by Crippen LogP contribution is -1.96. The van der Waals surface area contributed by atoms with E-state index in [4.69, 9.17) is 5.73 Å². The number of benzene rings is 2. The summed E-state index contributed by atoms with van der Waals surface area (Å²) >= 11 is 0. The first kappa shape index (κ1) is 13.6. The third kappa shape index (κ3) is 2.47. The number of hydrogen-bond donors (Lipinski definition) is 2. The molecule has 0 saturated carbocycles. The van der Waals surface area contributed by atoms with E-state index in [-0.39, 0.29) is 4.90 Å². The van der Waals surface area contributed by atoms with Crippen molar-refractivity contribution in [1.82, 2.24) is 9.97 Å². The van der Waals surface area contributed by atoms with Crippen molar-refractivity contribution in [3.05, 3.63) is 42.2 Å². The van der Waals surface area contributed by atoms with Crippen LogP contribution in [0.3, 0.4) is 0 Å². The second kappa shape index (κ2) is 4.56. The van der Waals surface area contributed by atoms with Crippen LogP contribution >= 0.6 is 0 Å². The van der Waals surface area contributed by atoms with Gasteiger partial charge in [-0.1, -0.05) is 0 Å². The molecule has 0 saturated heterocycles. The molecule has 3 rings (SSSR count). The summed E-state index contributed by atoms with van der Waals surface area (Å²) in [5.74, 6) is -0.0240. The standard InChI is InChI=1S/C14H12FN3O2S/c1-21(19,20)9-3-5-12-13(7-9)18-14(17-12)10-6-8(15)2-4-11(10)16/h2-7H,16H2,1H3,(H,17,18). The van der Waals surface area contributed by atoms with Crippen molar-refractivity contribution in [2.75, 3.05) is 12.0 Å². The molecule has 0 unspecified atom stereocenters. The van der Waals surface area contributed by atoms with Crippen molar-refractivity contribution in [3.8, 4) is 11.4 Å². The van der Waals surface area contributed by atoms with E-state index in [1.54, 1.807) is 6.07 Å². The lowest BCUT2D eigenvalue weighted by Gasteiger charge is -2.01. The van der Waals surface area contributed by atoms with Gasteiger partial charge < -0.3 is 10.7 Å². The van der Waals surface area contributed by atoms with Crippen LogP contribution in [-0.2, 0) is 9.84 Å². The number of nitrogen functional groups attached to an aromatic ring is 1. The van der Waals surface area contributed by atoms with Gasteiger partial charge in [0.2, 0.25) is 0 Å². The average molecular weight is 305 g/mol. The molecule has 1 heterocycles. The van der Waals surface area contributed by atoms with Gasteiger partial charge in [-0.3, -0.25) is 0 Å². The summed E-state index contributed by atoms with van der Waals surface area (Å²) < 4.78 is 36.4. The lowest BCUT2D eigenvalue weighted by atomic mass is 10.1. The van der Waals surface area contributed by atoms with Gasteiger partial charge >= 0.3 is 0 Å². The number of rotatable bonds is 2. The van der Waals surface area contributed by atoms with Crippen molar-refractivity contribution in [2.24, 2.45) is 0 Å². The zero-order chi connectivity index (χ0) is 15.2. The molecule has 0 bridgehead atoms. The van der Waals surface area contributed by atoms with Crippen molar-refractivity contribution < 1.29 is 12.8 Å². The minimum Gasteiger partial charge on any atom is -0.398 e. The Morgan fingerprint density at radius 2 is 1.95 bits per heavy atom. The summed E-state index contributed by atoms with van der Waals surface area (Å²) in [6.45, 7) is 0. The minimum absolute atomic E-state index is 0.192. The smallest absolute Gasteiger partial charge is 0.175 e. The molecule has 3 aromatic rings. The van der Waals surface area contributed by atoms with Gasteiger partial charge in [-0.25, -0.2) is 17.8 Å². The number of H-pyrrole nitrogens is 1. The van der Waals surface area contributed by atoms with Gasteiger partial charge in [0.25, 0.3) is 0 Å². The highest BCUT2D eigenvalue weighted by Crippen LogP contribution is 2.27. The number of sulfone groups is 1. The van der Waals surface area contributed by atoms with Crippen LogP contribution in [0.4, 0.5) is 10.1 Å². The number of nitrogens with zero attached hydrogens (tertiary/aromatic N) is 1. The molecule has 5 nitrogen and oxygen atoms in total. The molecule has 2 aromatic carbocycles. The highest BCUT2D eigenvalue weighted by molar-refractivity contribution is 7.90. The first-order valence-electron chi connectivity index (χ1n) is 6.10. The molecule has 7 heteroatoms. The van der Waals surface area contributed by atoms with Crippen LogP contribution in [0.15, 0.2) is 41.3 Å². The van der Waals surface area contributed by atoms with Crippen LogP contribution < -0.4 is 5.73 Å². The molecule has 108 valence electrons. The Bertz CT molecular complexity index is 948. The topological polar surface area (TPSA) is 88.8 Å². The Kier molecular flexibility index (Phi) is 2.94. The Hall–Kier alpha value is -2.41. The molecule has 0 radical (unpaired) electrons. The van der Waals surface area contributed by atoms with E-state index in [2.05, 4.69) is 9.97 Å². The van der Waals surface area contributed by atoms with E-state index in [0.717, 1.165) is 6.26 Å². The first-order chi connectivity index (χ1) is 9.84. The maximum Gasteiger partial charge on any atom is 0.175 e. The fourth-order valence-corrected chi connectivity index (χ4v) is 2.73. The molecule has 3 N–H and O–H groups in total. The molecule has 0 amide bonds. The summed E-state index contributed by atoms with van der Waals surface area (Å²) in [6.07, 6.45) is 1.13. The van der Waals surface area contributed by atoms with E-state index < -0.39 is 15.7 Å². The van der Waals surface area contributed by atoms with Crippen LogP contribution in [0.2, 0.25) is 0 Å². The largest absolute Gasteiger partial charge is 0.398 e. The molecule has 0 fully saturated rings. The van der Waals surface area contributed by atoms with Gasteiger partial charge in [-0.15, -0.1) is 0 Å². The Labute approximate surface area is 120 Å². The monoisotopic (exact) mass is 305 g/mol. The number of aromatic amines is 1. The quantitative estimate of drug-likeness (QED) is 0.711. The van der Waals surface area contributed by atoms with Gasteiger partial charge in [0, 0.05) is 17.5 Å². The zero-order valence-electron chi connectivity index (χ0n) is 11.1. The normalized spacial score (nSPS) is 11.9. The molecule has 0 aliphatic carbocycles. The molecular formula is C14H12FN3O2S. The molecule has 0 aliphatic rings. The molecule has 0 atom stereocenters.